The van der Waals surface area contributed by atoms with Crippen LogP contribution >= 0.6 is 0 Å². The van der Waals surface area contributed by atoms with E-state index in [1.54, 1.807) is 0 Å². The van der Waals surface area contributed by atoms with Crippen LogP contribution in [0.5, 0.6) is 5.75 Å². The Hall–Kier alpha value is -4.53. The van der Waals surface area contributed by atoms with E-state index >= 15 is 0 Å². The standard InChI is InChI=1S/C52H52N3O.Pt/c1-50(2,3)38-16-17-40(46(56)32-38)49-51(4,5)42-19-18-39-44-10-9-29-55(44)45-20-15-37(30-41(45)47(39)48(42)54-49)43-31-36(23-28-53-43)34-13-11-33(12-14-34)35-21-26-52(27-22-35)24-7-6-8-25-52;/h9-20,23,28-29,31-32,35,56H,6-8,21-22,24-27H2,1-5H3;/q-1;. The molecule has 3 aromatic heterocycles. The Bertz CT molecular complexity index is 2700. The zero-order chi connectivity index (χ0) is 38.4. The topological polar surface area (TPSA) is 49.9 Å². The van der Waals surface area contributed by atoms with Crippen molar-refractivity contribution in [2.24, 2.45) is 10.4 Å². The molecule has 3 aliphatic rings. The number of pyridine rings is 2. The molecule has 292 valence electrons. The van der Waals surface area contributed by atoms with Crippen LogP contribution in [-0.2, 0) is 31.9 Å². The van der Waals surface area contributed by atoms with Crippen LogP contribution in [0, 0.1) is 11.5 Å². The quantitative estimate of drug-likeness (QED) is 0.141. The largest absolute Gasteiger partial charge is 0.507 e. The Balaban J connectivity index is 0.00000422. The number of hydrogen-bond donors (Lipinski definition) is 1. The molecule has 1 aliphatic heterocycles. The zero-order valence-corrected chi connectivity index (χ0v) is 36.1. The van der Waals surface area contributed by atoms with E-state index in [9.17, 15) is 5.11 Å². The van der Waals surface area contributed by atoms with Crippen LogP contribution in [0.3, 0.4) is 0 Å². The van der Waals surface area contributed by atoms with Gasteiger partial charge in [-0.2, -0.15) is 0 Å². The Labute approximate surface area is 351 Å². The molecule has 0 unspecified atom stereocenters. The number of hydrogen-bond acceptors (Lipinski definition) is 3. The fraction of sp³-hybridized carbons (Fsp3) is 0.346. The fourth-order valence-electron chi connectivity index (χ4n) is 10.6. The summed E-state index contributed by atoms with van der Waals surface area (Å²) in [6.45, 7) is 10.9. The summed E-state index contributed by atoms with van der Waals surface area (Å²) in [6.07, 6.45) is 16.8. The van der Waals surface area contributed by atoms with Crippen molar-refractivity contribution in [3.05, 3.63) is 132 Å². The smallest absolute Gasteiger partial charge is 0.124 e. The molecule has 0 radical (unpaired) electrons. The van der Waals surface area contributed by atoms with Crippen LogP contribution in [0.25, 0.3) is 49.6 Å². The maximum absolute atomic E-state index is 11.4. The van der Waals surface area contributed by atoms with Gasteiger partial charge < -0.3 is 9.51 Å². The maximum Gasteiger partial charge on any atom is 0.124 e. The number of rotatable bonds is 4. The molecule has 4 aromatic carbocycles. The molecule has 0 saturated heterocycles. The number of aromatic hydroxyl groups is 1. The summed E-state index contributed by atoms with van der Waals surface area (Å²) in [5, 5.41) is 14.7. The van der Waals surface area contributed by atoms with E-state index in [1.807, 2.05) is 18.3 Å². The monoisotopic (exact) mass is 929 g/mol. The maximum atomic E-state index is 11.4. The molecule has 4 nitrogen and oxygen atoms in total. The van der Waals surface area contributed by atoms with Crippen molar-refractivity contribution in [3.63, 3.8) is 0 Å². The third kappa shape index (κ3) is 6.38. The minimum absolute atomic E-state index is 0. The second kappa shape index (κ2) is 14.1. The predicted molar refractivity (Wildman–Crippen MR) is 233 cm³/mol. The molecule has 7 aromatic rings. The molecule has 2 saturated carbocycles. The molecular formula is C52H52N3OPt-. The van der Waals surface area contributed by atoms with E-state index in [0.29, 0.717) is 11.3 Å². The zero-order valence-electron chi connectivity index (χ0n) is 33.9. The minimum Gasteiger partial charge on any atom is -0.507 e. The summed E-state index contributed by atoms with van der Waals surface area (Å²) < 4.78 is 2.26. The summed E-state index contributed by atoms with van der Waals surface area (Å²) >= 11 is 0. The van der Waals surface area contributed by atoms with Gasteiger partial charge in [0.15, 0.2) is 0 Å². The van der Waals surface area contributed by atoms with Crippen molar-refractivity contribution in [2.75, 3.05) is 0 Å². The van der Waals surface area contributed by atoms with Gasteiger partial charge in [0.05, 0.1) is 5.71 Å². The second-order valence-electron chi connectivity index (χ2n) is 18.7. The van der Waals surface area contributed by atoms with Gasteiger partial charge in [-0.3, -0.25) is 9.98 Å². The van der Waals surface area contributed by atoms with Gasteiger partial charge >= 0.3 is 0 Å². The summed E-state index contributed by atoms with van der Waals surface area (Å²) in [7, 11) is 0. The van der Waals surface area contributed by atoms with Crippen molar-refractivity contribution >= 4 is 38.6 Å². The van der Waals surface area contributed by atoms with Crippen molar-refractivity contribution in [1.82, 2.24) is 9.38 Å². The summed E-state index contributed by atoms with van der Waals surface area (Å²) in [5.41, 5.74) is 13.0. The van der Waals surface area contributed by atoms with Gasteiger partial charge in [-0.05, 0) is 130 Å². The van der Waals surface area contributed by atoms with Gasteiger partial charge in [0, 0.05) is 61.3 Å². The molecule has 2 fully saturated rings. The Morgan fingerprint density at radius 1 is 0.789 bits per heavy atom. The average Bonchev–Trinajstić information content (AvgIpc) is 3.81. The minimum atomic E-state index is -0.414. The van der Waals surface area contributed by atoms with E-state index in [0.717, 1.165) is 66.5 Å². The number of phenols is 1. The van der Waals surface area contributed by atoms with Gasteiger partial charge in [-0.25, -0.2) is 0 Å². The number of nitrogens with zero attached hydrogens (tertiary/aromatic N) is 3. The third-order valence-corrected chi connectivity index (χ3v) is 14.0. The van der Waals surface area contributed by atoms with E-state index in [4.69, 9.17) is 9.98 Å². The molecule has 1 spiro atoms. The SMILES string of the molecule is CC(C)(C)c1ccc(C2=Nc3c(ccc4c3c3[c-]c(-c5cc(-c6ccc(C7CCC8(CCCCC8)CC7)cc6)ccn5)ccc3n3cccc43)C2(C)C)c(O)c1.[Pt]. The molecule has 0 atom stereocenters. The molecule has 0 amide bonds. The average molecular weight is 930 g/mol. The van der Waals surface area contributed by atoms with Gasteiger partial charge in [0.1, 0.15) is 5.75 Å². The van der Waals surface area contributed by atoms with Gasteiger partial charge in [0.25, 0.3) is 0 Å². The first-order valence-electron chi connectivity index (χ1n) is 20.9. The van der Waals surface area contributed by atoms with Gasteiger partial charge in [-0.15, -0.1) is 18.2 Å². The molecule has 57 heavy (non-hydrogen) atoms. The normalized spacial score (nSPS) is 17.9. The Morgan fingerprint density at radius 2 is 1.56 bits per heavy atom. The van der Waals surface area contributed by atoms with Crippen molar-refractivity contribution in [2.45, 2.75) is 109 Å². The number of fused-ring (bicyclic) bond motifs is 8. The van der Waals surface area contributed by atoms with Crippen molar-refractivity contribution in [1.29, 1.82) is 0 Å². The molecule has 1 N–H and O–H groups in total. The van der Waals surface area contributed by atoms with E-state index in [-0.39, 0.29) is 32.2 Å². The van der Waals surface area contributed by atoms with Crippen LogP contribution in [-0.4, -0.2) is 20.2 Å². The van der Waals surface area contributed by atoms with Crippen LogP contribution < -0.4 is 0 Å². The molecular weight excluding hydrogens is 878 g/mol. The Morgan fingerprint density at radius 3 is 2.30 bits per heavy atom. The van der Waals surface area contributed by atoms with Crippen molar-refractivity contribution < 1.29 is 26.2 Å². The number of benzene rings is 4. The van der Waals surface area contributed by atoms with E-state index in [2.05, 4.69) is 130 Å². The van der Waals surface area contributed by atoms with E-state index < -0.39 is 5.41 Å². The molecule has 5 heteroatoms. The van der Waals surface area contributed by atoms with Crippen LogP contribution in [0.4, 0.5) is 5.69 Å². The summed E-state index contributed by atoms with van der Waals surface area (Å²) in [4.78, 5) is 10.3. The second-order valence-corrected chi connectivity index (χ2v) is 18.7. The van der Waals surface area contributed by atoms with Crippen LogP contribution in [0.1, 0.15) is 121 Å². The predicted octanol–water partition coefficient (Wildman–Crippen LogP) is 13.8. The molecule has 10 rings (SSSR count). The summed E-state index contributed by atoms with van der Waals surface area (Å²) in [6, 6.07) is 36.8. The Kier molecular flexibility index (Phi) is 9.39. The van der Waals surface area contributed by atoms with E-state index in [1.165, 1.54) is 74.5 Å². The summed E-state index contributed by atoms with van der Waals surface area (Å²) in [5.74, 6) is 0.960. The fourth-order valence-corrected chi connectivity index (χ4v) is 10.6. The molecule has 4 heterocycles. The van der Waals surface area contributed by atoms with Gasteiger partial charge in [0.2, 0.25) is 0 Å². The van der Waals surface area contributed by atoms with Crippen molar-refractivity contribution in [3.8, 4) is 28.1 Å². The van der Waals surface area contributed by atoms with Crippen LogP contribution in [0.2, 0.25) is 0 Å². The first-order chi connectivity index (χ1) is 27.0. The first kappa shape index (κ1) is 38.0. The van der Waals surface area contributed by atoms with Gasteiger partial charge in [-0.1, -0.05) is 113 Å². The number of aromatic nitrogens is 2. The number of phenolic OH excluding ortho intramolecular Hbond substituents is 1. The number of aliphatic imine (C=N–C) groups is 1. The molecule has 2 aliphatic carbocycles. The third-order valence-electron chi connectivity index (χ3n) is 14.0. The van der Waals surface area contributed by atoms with Crippen LogP contribution in [0.15, 0.2) is 108 Å². The molecule has 0 bridgehead atoms. The first-order valence-corrected chi connectivity index (χ1v) is 20.9.